The smallest absolute Gasteiger partial charge is 0.324 e. The van der Waals surface area contributed by atoms with Crippen molar-refractivity contribution in [1.29, 1.82) is 0 Å². The van der Waals surface area contributed by atoms with Crippen LogP contribution in [-0.4, -0.2) is 45.3 Å². The quantitative estimate of drug-likeness (QED) is 0.511. The summed E-state index contributed by atoms with van der Waals surface area (Å²) < 4.78 is 26.7. The largest absolute Gasteiger partial charge is 0.383 e. The van der Waals surface area contributed by atoms with Gasteiger partial charge in [-0.3, -0.25) is 19.6 Å². The van der Waals surface area contributed by atoms with Crippen LogP contribution in [0.1, 0.15) is 62.8 Å². The highest BCUT2D eigenvalue weighted by Gasteiger charge is 2.29. The Morgan fingerprint density at radius 1 is 0.867 bits per heavy atom. The molecule has 10 nitrogen and oxygen atoms in total. The first kappa shape index (κ1) is 29.8. The molecule has 0 amide bonds. The third-order valence-electron chi connectivity index (χ3n) is 3.02. The summed E-state index contributed by atoms with van der Waals surface area (Å²) in [5.41, 5.74) is -0.624. The van der Waals surface area contributed by atoms with Crippen molar-refractivity contribution in [3.63, 3.8) is 0 Å². The normalized spacial score (nSPS) is 17.5. The second-order valence-electron chi connectivity index (χ2n) is 7.94. The van der Waals surface area contributed by atoms with Gasteiger partial charge in [0.1, 0.15) is 11.4 Å². The maximum absolute atomic E-state index is 11.1. The topological polar surface area (TPSA) is 141 Å². The van der Waals surface area contributed by atoms with E-state index in [1.807, 2.05) is 55.4 Å². The van der Waals surface area contributed by atoms with E-state index < -0.39 is 21.1 Å². The Kier molecular flexibility index (Phi) is 11.0. The number of hydrogen-bond acceptors (Lipinski definition) is 8. The van der Waals surface area contributed by atoms with Gasteiger partial charge in [-0.25, -0.2) is 9.44 Å². The Morgan fingerprint density at radius 3 is 1.67 bits per heavy atom. The number of rotatable bonds is 2. The molecule has 0 saturated carbocycles. The van der Waals surface area contributed by atoms with Crippen LogP contribution in [-0.2, 0) is 10.2 Å². The van der Waals surface area contributed by atoms with Crippen LogP contribution in [0.25, 0.3) is 0 Å². The Bertz CT molecular complexity index is 928. The van der Waals surface area contributed by atoms with Crippen molar-refractivity contribution in [2.24, 2.45) is 9.98 Å². The Hall–Kier alpha value is -2.43. The number of aliphatic imine (C=N–C) groups is 2. The summed E-state index contributed by atoms with van der Waals surface area (Å²) in [4.78, 5) is 30.0. The Labute approximate surface area is 180 Å². The standard InChI is InChI=1S/C9H14N2O2.C7H14N4O2S.C2H6.CH4/c1-9(2,3)11-6-5(10-4)7(12)8(6)13;1-7(2,3)9-6-5(8-4)10-14(12,13)11-6;1-2;/h10-11H,1-4H3;1-4H3,(H,8,10)(H,9,11);1-2H3;1H4. The zero-order valence-electron chi connectivity index (χ0n) is 18.9. The van der Waals surface area contributed by atoms with Gasteiger partial charge in [0.2, 0.25) is 0 Å². The summed E-state index contributed by atoms with van der Waals surface area (Å²) in [7, 11) is -0.359. The van der Waals surface area contributed by atoms with E-state index in [1.54, 1.807) is 7.05 Å². The van der Waals surface area contributed by atoms with Crippen molar-refractivity contribution in [2.45, 2.75) is 73.9 Å². The monoisotopic (exact) mass is 446 g/mol. The van der Waals surface area contributed by atoms with Gasteiger partial charge in [0, 0.05) is 19.6 Å². The predicted octanol–water partition coefficient (Wildman–Crippen LogP) is 1.85. The summed E-state index contributed by atoms with van der Waals surface area (Å²) in [5, 5.41) is 5.68. The molecule has 4 N–H and O–H groups in total. The van der Waals surface area contributed by atoms with Crippen LogP contribution in [0, 0.1) is 0 Å². The van der Waals surface area contributed by atoms with Crippen LogP contribution in [0.3, 0.4) is 0 Å². The lowest BCUT2D eigenvalue weighted by Gasteiger charge is -2.24. The van der Waals surface area contributed by atoms with Crippen LogP contribution < -0.4 is 30.9 Å². The van der Waals surface area contributed by atoms with Gasteiger partial charge in [0.15, 0.2) is 11.7 Å². The molecule has 1 aliphatic heterocycles. The van der Waals surface area contributed by atoms with Crippen LogP contribution >= 0.6 is 0 Å². The molecule has 30 heavy (non-hydrogen) atoms. The maximum Gasteiger partial charge on any atom is 0.324 e. The van der Waals surface area contributed by atoms with Crippen LogP contribution in [0.4, 0.5) is 11.4 Å². The minimum absolute atomic E-state index is 0. The Balaban J connectivity index is 0. The first-order valence-electron chi connectivity index (χ1n) is 9.27. The van der Waals surface area contributed by atoms with Crippen molar-refractivity contribution in [2.75, 3.05) is 24.7 Å². The van der Waals surface area contributed by atoms with E-state index >= 15 is 0 Å². The Morgan fingerprint density at radius 2 is 1.30 bits per heavy atom. The van der Waals surface area contributed by atoms with Crippen molar-refractivity contribution in [3.05, 3.63) is 20.4 Å². The van der Waals surface area contributed by atoms with E-state index in [9.17, 15) is 18.0 Å². The summed E-state index contributed by atoms with van der Waals surface area (Å²) in [5.74, 6) is 0.514. The fraction of sp³-hybridized carbons (Fsp3) is 0.684. The lowest BCUT2D eigenvalue weighted by Crippen LogP contribution is -2.41. The van der Waals surface area contributed by atoms with E-state index in [0.29, 0.717) is 11.4 Å². The van der Waals surface area contributed by atoms with Gasteiger partial charge in [-0.05, 0) is 41.5 Å². The summed E-state index contributed by atoms with van der Waals surface area (Å²) in [6, 6.07) is 0. The first-order chi connectivity index (χ1) is 13.1. The molecule has 174 valence electrons. The van der Waals surface area contributed by atoms with Gasteiger partial charge in [-0.15, -0.1) is 0 Å². The minimum atomic E-state index is -3.49. The number of anilines is 2. The van der Waals surface area contributed by atoms with E-state index in [4.69, 9.17) is 0 Å². The van der Waals surface area contributed by atoms with Crippen LogP contribution in [0.15, 0.2) is 19.6 Å². The molecule has 1 aliphatic rings. The average molecular weight is 447 g/mol. The highest BCUT2D eigenvalue weighted by Crippen LogP contribution is 2.18. The molecule has 11 heteroatoms. The summed E-state index contributed by atoms with van der Waals surface area (Å²) in [6.45, 7) is 15.4. The van der Waals surface area contributed by atoms with Gasteiger partial charge in [-0.2, -0.15) is 8.42 Å². The predicted molar refractivity (Wildman–Crippen MR) is 128 cm³/mol. The molecule has 0 bridgehead atoms. The van der Waals surface area contributed by atoms with Gasteiger partial charge in [-0.1, -0.05) is 21.3 Å². The zero-order valence-corrected chi connectivity index (χ0v) is 19.8. The SMILES string of the molecule is C.CC.CN=C1NS(=O)(=O)NC1=NC(C)(C)C.CNc1c(NC(C)(C)C)c(=O)c1=O. The van der Waals surface area contributed by atoms with Gasteiger partial charge >= 0.3 is 10.2 Å². The number of amidine groups is 2. The average Bonchev–Trinajstić information content (AvgIpc) is 2.87. The first-order valence-corrected chi connectivity index (χ1v) is 10.8. The minimum Gasteiger partial charge on any atom is -0.383 e. The molecular formula is C19H38N6O4S. The number of nitrogens with zero attached hydrogens (tertiary/aromatic N) is 2. The molecule has 0 atom stereocenters. The molecule has 0 radical (unpaired) electrons. The second-order valence-corrected chi connectivity index (χ2v) is 9.36. The molecule has 0 aliphatic carbocycles. The molecule has 2 rings (SSSR count). The fourth-order valence-corrected chi connectivity index (χ4v) is 2.95. The van der Waals surface area contributed by atoms with Crippen molar-refractivity contribution >= 4 is 33.3 Å². The highest BCUT2D eigenvalue weighted by molar-refractivity contribution is 7.89. The van der Waals surface area contributed by atoms with Gasteiger partial charge in [0.25, 0.3) is 10.9 Å². The van der Waals surface area contributed by atoms with Crippen LogP contribution in [0.2, 0.25) is 0 Å². The zero-order chi connectivity index (χ0) is 23.2. The van der Waals surface area contributed by atoms with Crippen molar-refractivity contribution in [3.8, 4) is 0 Å². The van der Waals surface area contributed by atoms with E-state index in [0.717, 1.165) is 0 Å². The maximum atomic E-state index is 11.1. The lowest BCUT2D eigenvalue weighted by atomic mass is 10.1. The molecule has 1 aromatic carbocycles. The van der Waals surface area contributed by atoms with E-state index in [2.05, 4.69) is 30.1 Å². The number of hydrogen-bond donors (Lipinski definition) is 4. The molecular weight excluding hydrogens is 408 g/mol. The van der Waals surface area contributed by atoms with Crippen LogP contribution in [0.5, 0.6) is 0 Å². The highest BCUT2D eigenvalue weighted by atomic mass is 32.2. The summed E-state index contributed by atoms with van der Waals surface area (Å²) >= 11 is 0. The molecule has 1 saturated heterocycles. The summed E-state index contributed by atoms with van der Waals surface area (Å²) in [6.07, 6.45) is 0. The van der Waals surface area contributed by atoms with Crippen molar-refractivity contribution < 1.29 is 8.42 Å². The fourth-order valence-electron chi connectivity index (χ4n) is 2.06. The third kappa shape index (κ3) is 8.93. The molecule has 1 heterocycles. The molecule has 0 aromatic heterocycles. The van der Waals surface area contributed by atoms with Gasteiger partial charge < -0.3 is 10.6 Å². The van der Waals surface area contributed by atoms with Crippen molar-refractivity contribution in [1.82, 2.24) is 9.44 Å². The molecule has 0 unspecified atom stereocenters. The molecule has 1 aromatic rings. The lowest BCUT2D eigenvalue weighted by molar-refractivity contribution is 0.581. The number of nitrogens with one attached hydrogen (secondary N) is 4. The van der Waals surface area contributed by atoms with E-state index in [1.165, 1.54) is 7.05 Å². The molecule has 0 spiro atoms. The molecule has 1 fully saturated rings. The third-order valence-corrected chi connectivity index (χ3v) is 3.94. The van der Waals surface area contributed by atoms with E-state index in [-0.39, 0.29) is 30.2 Å². The van der Waals surface area contributed by atoms with Gasteiger partial charge in [0.05, 0.1) is 5.54 Å². The second kappa shape index (κ2) is 11.1.